The number of aliphatic hydroxyl groups excluding tert-OH is 1. The van der Waals surface area contributed by atoms with Crippen molar-refractivity contribution in [2.24, 2.45) is 5.92 Å². The first-order valence-corrected chi connectivity index (χ1v) is 7.16. The lowest BCUT2D eigenvalue weighted by molar-refractivity contribution is 0.0924. The highest BCUT2D eigenvalue weighted by Crippen LogP contribution is 2.28. The number of rotatable bonds is 5. The molecule has 0 bridgehead atoms. The number of alkyl halides is 2. The molecule has 1 fully saturated rings. The van der Waals surface area contributed by atoms with Crippen LogP contribution in [0.1, 0.15) is 10.4 Å². The number of β-amino-alcohol motifs (C(OH)–C–C–N with tert-alkyl or cyclic N) is 1. The van der Waals surface area contributed by atoms with Crippen LogP contribution in [0.3, 0.4) is 0 Å². The number of carbonyl (C=O) groups is 1. The van der Waals surface area contributed by atoms with Crippen LogP contribution in [0.15, 0.2) is 29.2 Å². The van der Waals surface area contributed by atoms with Gasteiger partial charge in [-0.25, -0.2) is 0 Å². The van der Waals surface area contributed by atoms with Crippen molar-refractivity contribution in [2.75, 3.05) is 19.6 Å². The molecule has 0 aliphatic carbocycles. The van der Waals surface area contributed by atoms with Crippen molar-refractivity contribution >= 4 is 17.7 Å². The lowest BCUT2D eigenvalue weighted by Gasteiger charge is -2.15. The van der Waals surface area contributed by atoms with Gasteiger partial charge in [-0.05, 0) is 12.1 Å². The number of halogens is 2. The second-order valence-corrected chi connectivity index (χ2v) is 5.60. The Morgan fingerprint density at radius 1 is 1.45 bits per heavy atom. The first-order chi connectivity index (χ1) is 9.58. The molecule has 4 nitrogen and oxygen atoms in total. The van der Waals surface area contributed by atoms with E-state index >= 15 is 0 Å². The van der Waals surface area contributed by atoms with Crippen LogP contribution in [0, 0.1) is 5.92 Å². The summed E-state index contributed by atoms with van der Waals surface area (Å²) in [5.74, 6) is -3.01. The second-order valence-electron chi connectivity index (χ2n) is 4.57. The molecule has 1 heterocycles. The van der Waals surface area contributed by atoms with E-state index in [1.165, 1.54) is 12.1 Å². The van der Waals surface area contributed by atoms with E-state index in [2.05, 4.69) is 10.6 Å². The van der Waals surface area contributed by atoms with Gasteiger partial charge in [0.05, 0.1) is 11.7 Å². The van der Waals surface area contributed by atoms with Crippen molar-refractivity contribution < 1.29 is 18.7 Å². The number of amides is 1. The zero-order valence-electron chi connectivity index (χ0n) is 10.7. The largest absolute Gasteiger partial charge is 0.391 e. The van der Waals surface area contributed by atoms with Crippen LogP contribution in [0.4, 0.5) is 8.78 Å². The van der Waals surface area contributed by atoms with Gasteiger partial charge in [0, 0.05) is 30.4 Å². The monoisotopic (exact) mass is 302 g/mol. The first-order valence-electron chi connectivity index (χ1n) is 6.28. The molecule has 3 N–H and O–H groups in total. The van der Waals surface area contributed by atoms with E-state index in [9.17, 15) is 18.7 Å². The number of hydrogen-bond acceptors (Lipinski definition) is 4. The second kappa shape index (κ2) is 7.01. The number of aliphatic hydroxyl groups is 1. The highest BCUT2D eigenvalue weighted by Gasteiger charge is 2.25. The molecule has 1 saturated heterocycles. The normalized spacial score (nSPS) is 22.2. The minimum atomic E-state index is -2.56. The van der Waals surface area contributed by atoms with Crippen molar-refractivity contribution in [1.29, 1.82) is 0 Å². The standard InChI is InChI=1S/C13H16F2N2O2S/c14-13(15)20-11-4-2-1-3-9(11)12(19)17-6-8-5-16-7-10(8)18/h1-4,8,10,13,16,18H,5-7H2,(H,17,19). The summed E-state index contributed by atoms with van der Waals surface area (Å²) in [6, 6.07) is 6.27. The lowest BCUT2D eigenvalue weighted by Crippen LogP contribution is -2.34. The molecule has 1 aromatic carbocycles. The van der Waals surface area contributed by atoms with Crippen LogP contribution in [-0.4, -0.2) is 42.5 Å². The third kappa shape index (κ3) is 3.91. The summed E-state index contributed by atoms with van der Waals surface area (Å²) in [7, 11) is 0. The number of nitrogens with one attached hydrogen (secondary N) is 2. The van der Waals surface area contributed by atoms with Crippen LogP contribution >= 0.6 is 11.8 Å². The fourth-order valence-electron chi connectivity index (χ4n) is 2.10. The van der Waals surface area contributed by atoms with E-state index in [0.29, 0.717) is 31.4 Å². The fourth-order valence-corrected chi connectivity index (χ4v) is 2.74. The predicted molar refractivity (Wildman–Crippen MR) is 73.0 cm³/mol. The van der Waals surface area contributed by atoms with E-state index in [1.807, 2.05) is 0 Å². The van der Waals surface area contributed by atoms with E-state index in [1.54, 1.807) is 12.1 Å². The smallest absolute Gasteiger partial charge is 0.288 e. The zero-order chi connectivity index (χ0) is 14.5. The summed E-state index contributed by atoms with van der Waals surface area (Å²) in [5.41, 5.74) is 0.234. The highest BCUT2D eigenvalue weighted by atomic mass is 32.2. The van der Waals surface area contributed by atoms with Crippen LogP contribution < -0.4 is 10.6 Å². The van der Waals surface area contributed by atoms with Crippen molar-refractivity contribution in [2.45, 2.75) is 16.8 Å². The number of carbonyl (C=O) groups excluding carboxylic acids is 1. The quantitative estimate of drug-likeness (QED) is 0.718. The van der Waals surface area contributed by atoms with Gasteiger partial charge >= 0.3 is 0 Å². The SMILES string of the molecule is O=C(NCC1CNCC1O)c1ccccc1SC(F)F. The fraction of sp³-hybridized carbons (Fsp3) is 0.462. The molecule has 2 rings (SSSR count). The molecule has 2 unspecified atom stereocenters. The molecule has 0 saturated carbocycles. The molecule has 7 heteroatoms. The van der Waals surface area contributed by atoms with Crippen molar-refractivity contribution in [1.82, 2.24) is 10.6 Å². The maximum Gasteiger partial charge on any atom is 0.288 e. The number of hydrogen-bond donors (Lipinski definition) is 3. The Labute approximate surface area is 119 Å². The van der Waals surface area contributed by atoms with Gasteiger partial charge < -0.3 is 15.7 Å². The van der Waals surface area contributed by atoms with Gasteiger partial charge in [0.1, 0.15) is 0 Å². The summed E-state index contributed by atoms with van der Waals surface area (Å²) in [6.07, 6.45) is -0.485. The van der Waals surface area contributed by atoms with Crippen LogP contribution in [0.5, 0.6) is 0 Å². The summed E-state index contributed by atoms with van der Waals surface area (Å²) in [4.78, 5) is 12.3. The summed E-state index contributed by atoms with van der Waals surface area (Å²) < 4.78 is 24.9. The average molecular weight is 302 g/mol. The molecule has 0 spiro atoms. The maximum absolute atomic E-state index is 12.4. The van der Waals surface area contributed by atoms with E-state index in [-0.39, 0.29) is 16.4 Å². The Morgan fingerprint density at radius 2 is 2.20 bits per heavy atom. The first kappa shape index (κ1) is 15.2. The van der Waals surface area contributed by atoms with Gasteiger partial charge in [0.15, 0.2) is 0 Å². The van der Waals surface area contributed by atoms with Gasteiger partial charge in [0.25, 0.3) is 11.7 Å². The molecule has 1 amide bonds. The van der Waals surface area contributed by atoms with Crippen molar-refractivity contribution in [3.8, 4) is 0 Å². The molecular weight excluding hydrogens is 286 g/mol. The Balaban J connectivity index is 1.98. The minimum absolute atomic E-state index is 0.0473. The van der Waals surface area contributed by atoms with Gasteiger partial charge in [-0.3, -0.25) is 4.79 Å². The van der Waals surface area contributed by atoms with E-state index in [0.717, 1.165) is 0 Å². The third-order valence-electron chi connectivity index (χ3n) is 3.18. The molecule has 0 radical (unpaired) electrons. The molecule has 20 heavy (non-hydrogen) atoms. The topological polar surface area (TPSA) is 61.4 Å². The lowest BCUT2D eigenvalue weighted by atomic mass is 10.1. The number of thioether (sulfide) groups is 1. The third-order valence-corrected chi connectivity index (χ3v) is 3.96. The molecule has 1 aliphatic heterocycles. The molecule has 1 aliphatic rings. The summed E-state index contributed by atoms with van der Waals surface area (Å²) >= 11 is 0.356. The highest BCUT2D eigenvalue weighted by molar-refractivity contribution is 7.99. The Morgan fingerprint density at radius 3 is 2.85 bits per heavy atom. The van der Waals surface area contributed by atoms with Gasteiger partial charge in [-0.1, -0.05) is 23.9 Å². The van der Waals surface area contributed by atoms with Gasteiger partial charge in [-0.2, -0.15) is 8.78 Å². The van der Waals surface area contributed by atoms with Crippen molar-refractivity contribution in [3.05, 3.63) is 29.8 Å². The van der Waals surface area contributed by atoms with E-state index in [4.69, 9.17) is 0 Å². The Kier molecular flexibility index (Phi) is 5.33. The van der Waals surface area contributed by atoms with Crippen molar-refractivity contribution in [3.63, 3.8) is 0 Å². The van der Waals surface area contributed by atoms with Gasteiger partial charge in [0.2, 0.25) is 0 Å². The Bertz CT molecular complexity index is 473. The molecule has 0 aromatic heterocycles. The van der Waals surface area contributed by atoms with Crippen LogP contribution in [0.25, 0.3) is 0 Å². The summed E-state index contributed by atoms with van der Waals surface area (Å²) in [5, 5.41) is 15.3. The minimum Gasteiger partial charge on any atom is -0.391 e. The van der Waals surface area contributed by atoms with Crippen LogP contribution in [-0.2, 0) is 0 Å². The number of benzene rings is 1. The Hall–Kier alpha value is -1.18. The molecule has 110 valence electrons. The average Bonchev–Trinajstić information content (AvgIpc) is 2.81. The van der Waals surface area contributed by atoms with Crippen LogP contribution in [0.2, 0.25) is 0 Å². The molecule has 1 aromatic rings. The predicted octanol–water partition coefficient (Wildman–Crippen LogP) is 1.31. The van der Waals surface area contributed by atoms with E-state index < -0.39 is 17.8 Å². The summed E-state index contributed by atoms with van der Waals surface area (Å²) in [6.45, 7) is 1.47. The van der Waals surface area contributed by atoms with Gasteiger partial charge in [-0.15, -0.1) is 0 Å². The maximum atomic E-state index is 12.4. The molecular formula is C13H16F2N2O2S. The molecule has 2 atom stereocenters. The zero-order valence-corrected chi connectivity index (χ0v) is 11.5.